The first-order chi connectivity index (χ1) is 11.1. The summed E-state index contributed by atoms with van der Waals surface area (Å²) in [6.07, 6.45) is 5.13. The number of hydrogen-bond donors (Lipinski definition) is 1. The summed E-state index contributed by atoms with van der Waals surface area (Å²) < 4.78 is 3.27. The van der Waals surface area contributed by atoms with Crippen molar-refractivity contribution in [3.05, 3.63) is 59.7 Å². The first-order valence-electron chi connectivity index (χ1n) is 7.32. The van der Waals surface area contributed by atoms with Crippen LogP contribution in [0.25, 0.3) is 0 Å². The van der Waals surface area contributed by atoms with Crippen LogP contribution in [0.15, 0.2) is 43.0 Å². The minimum atomic E-state index is -0.207. The number of carbonyl (C=O) groups is 1. The quantitative estimate of drug-likeness (QED) is 0.779. The molecule has 0 bridgehead atoms. The van der Waals surface area contributed by atoms with E-state index in [-0.39, 0.29) is 12.5 Å². The number of aromatic nitrogens is 5. The van der Waals surface area contributed by atoms with Gasteiger partial charge in [-0.15, -0.1) is 5.10 Å². The number of benzene rings is 1. The molecule has 0 radical (unpaired) electrons. The highest BCUT2D eigenvalue weighted by Crippen LogP contribution is 2.06. The number of amides is 1. The fraction of sp³-hybridized carbons (Fsp3) is 0.250. The van der Waals surface area contributed by atoms with E-state index >= 15 is 0 Å². The number of hydrogen-bond acceptors (Lipinski definition) is 4. The van der Waals surface area contributed by atoms with Crippen molar-refractivity contribution in [2.24, 2.45) is 0 Å². The third kappa shape index (κ3) is 4.03. The van der Waals surface area contributed by atoms with Gasteiger partial charge in [0.15, 0.2) is 0 Å². The largest absolute Gasteiger partial charge is 0.292 e. The summed E-state index contributed by atoms with van der Waals surface area (Å²) >= 11 is 0. The van der Waals surface area contributed by atoms with Gasteiger partial charge < -0.3 is 0 Å². The predicted octanol–water partition coefficient (Wildman–Crippen LogP) is 1.78. The van der Waals surface area contributed by atoms with Gasteiger partial charge in [-0.25, -0.2) is 9.67 Å². The van der Waals surface area contributed by atoms with Crippen molar-refractivity contribution in [3.63, 3.8) is 0 Å². The van der Waals surface area contributed by atoms with Crippen molar-refractivity contribution < 1.29 is 4.79 Å². The van der Waals surface area contributed by atoms with Crippen LogP contribution in [0.1, 0.15) is 16.7 Å². The van der Waals surface area contributed by atoms with Crippen LogP contribution >= 0.6 is 0 Å². The fourth-order valence-corrected chi connectivity index (χ4v) is 2.29. The van der Waals surface area contributed by atoms with Crippen molar-refractivity contribution in [2.75, 3.05) is 5.32 Å². The molecule has 1 amide bonds. The number of anilines is 1. The third-order valence-corrected chi connectivity index (χ3v) is 3.28. The molecule has 1 aromatic carbocycles. The highest BCUT2D eigenvalue weighted by molar-refractivity contribution is 5.88. The lowest BCUT2D eigenvalue weighted by molar-refractivity contribution is -0.116. The second kappa shape index (κ2) is 6.43. The zero-order chi connectivity index (χ0) is 16.2. The predicted molar refractivity (Wildman–Crippen MR) is 85.9 cm³/mol. The molecule has 0 aliphatic heterocycles. The first kappa shape index (κ1) is 15.0. The molecule has 118 valence electrons. The number of nitrogens with one attached hydrogen (secondary N) is 1. The highest BCUT2D eigenvalue weighted by atomic mass is 16.2. The van der Waals surface area contributed by atoms with E-state index in [1.807, 2.05) is 38.2 Å². The van der Waals surface area contributed by atoms with Gasteiger partial charge in [0, 0.05) is 6.20 Å². The molecule has 0 aliphatic rings. The summed E-state index contributed by atoms with van der Waals surface area (Å²) in [5, 5.41) is 11.0. The van der Waals surface area contributed by atoms with Gasteiger partial charge in [0.25, 0.3) is 0 Å². The molecular formula is C16H18N6O. The Bertz CT molecular complexity index is 819. The standard InChI is InChI=1S/C16H18N6O/c1-12-4-3-5-14(6-12)9-22-11-17-16(20-22)19-15(23)10-21-8-13(2)7-18-21/h3-8,11H,9-10H2,1-2H3,(H,19,20,23). The van der Waals surface area contributed by atoms with Crippen molar-refractivity contribution in [3.8, 4) is 0 Å². The summed E-state index contributed by atoms with van der Waals surface area (Å²) in [6.45, 7) is 4.73. The minimum absolute atomic E-state index is 0.139. The average Bonchev–Trinajstić information content (AvgIpc) is 3.08. The zero-order valence-electron chi connectivity index (χ0n) is 13.1. The van der Waals surface area contributed by atoms with E-state index in [4.69, 9.17) is 0 Å². The summed E-state index contributed by atoms with van der Waals surface area (Å²) in [6, 6.07) is 8.19. The molecule has 1 N–H and O–H groups in total. The Kier molecular flexibility index (Phi) is 4.18. The van der Waals surface area contributed by atoms with Crippen LogP contribution in [0.2, 0.25) is 0 Å². The molecule has 0 atom stereocenters. The normalized spacial score (nSPS) is 10.7. The summed E-state index contributed by atoms with van der Waals surface area (Å²) in [5.41, 5.74) is 3.35. The lowest BCUT2D eigenvalue weighted by atomic mass is 10.1. The summed E-state index contributed by atoms with van der Waals surface area (Å²) in [7, 11) is 0. The summed E-state index contributed by atoms with van der Waals surface area (Å²) in [4.78, 5) is 16.1. The van der Waals surface area contributed by atoms with E-state index in [2.05, 4.69) is 26.6 Å². The molecule has 2 aromatic heterocycles. The highest BCUT2D eigenvalue weighted by Gasteiger charge is 2.08. The molecule has 0 aliphatic carbocycles. The fourth-order valence-electron chi connectivity index (χ4n) is 2.29. The molecule has 0 fully saturated rings. The number of aryl methyl sites for hydroxylation is 2. The minimum Gasteiger partial charge on any atom is -0.292 e. The maximum Gasteiger partial charge on any atom is 0.248 e. The van der Waals surface area contributed by atoms with E-state index in [9.17, 15) is 4.79 Å². The molecule has 7 heteroatoms. The van der Waals surface area contributed by atoms with E-state index in [1.165, 1.54) is 5.56 Å². The Balaban J connectivity index is 1.59. The van der Waals surface area contributed by atoms with E-state index < -0.39 is 0 Å². The molecule has 3 rings (SSSR count). The molecular weight excluding hydrogens is 292 g/mol. The SMILES string of the molecule is Cc1cccc(Cn2cnc(NC(=O)Cn3cc(C)cn3)n2)c1. The van der Waals surface area contributed by atoms with Crippen molar-refractivity contribution in [1.29, 1.82) is 0 Å². The topological polar surface area (TPSA) is 77.6 Å². The summed E-state index contributed by atoms with van der Waals surface area (Å²) in [5.74, 6) is 0.0907. The average molecular weight is 310 g/mol. The van der Waals surface area contributed by atoms with Crippen LogP contribution in [0, 0.1) is 13.8 Å². The van der Waals surface area contributed by atoms with Gasteiger partial charge in [0.05, 0.1) is 12.7 Å². The van der Waals surface area contributed by atoms with Gasteiger partial charge in [-0.2, -0.15) is 5.10 Å². The second-order valence-corrected chi connectivity index (χ2v) is 5.52. The molecule has 7 nitrogen and oxygen atoms in total. The van der Waals surface area contributed by atoms with Crippen LogP contribution in [0.4, 0.5) is 5.95 Å². The first-order valence-corrected chi connectivity index (χ1v) is 7.32. The van der Waals surface area contributed by atoms with E-state index in [0.717, 1.165) is 11.1 Å². The van der Waals surface area contributed by atoms with Gasteiger partial charge in [-0.05, 0) is 25.0 Å². The van der Waals surface area contributed by atoms with E-state index in [0.29, 0.717) is 12.5 Å². The van der Waals surface area contributed by atoms with Gasteiger partial charge in [-0.3, -0.25) is 14.8 Å². The molecule has 23 heavy (non-hydrogen) atoms. The molecule has 0 saturated carbocycles. The van der Waals surface area contributed by atoms with Crippen LogP contribution in [0.3, 0.4) is 0 Å². The number of carbonyl (C=O) groups excluding carboxylic acids is 1. The molecule has 3 aromatic rings. The Morgan fingerprint density at radius 1 is 1.22 bits per heavy atom. The Hall–Kier alpha value is -2.96. The van der Waals surface area contributed by atoms with Gasteiger partial charge in [0.1, 0.15) is 12.9 Å². The molecule has 0 spiro atoms. The van der Waals surface area contributed by atoms with Crippen molar-refractivity contribution in [2.45, 2.75) is 26.9 Å². The monoisotopic (exact) mass is 310 g/mol. The maximum atomic E-state index is 11.9. The second-order valence-electron chi connectivity index (χ2n) is 5.52. The lowest BCUT2D eigenvalue weighted by Crippen LogP contribution is -2.20. The molecule has 0 saturated heterocycles. The van der Waals surface area contributed by atoms with E-state index in [1.54, 1.807) is 21.9 Å². The zero-order valence-corrected chi connectivity index (χ0v) is 13.1. The Morgan fingerprint density at radius 2 is 2.09 bits per heavy atom. The Morgan fingerprint density at radius 3 is 2.83 bits per heavy atom. The number of rotatable bonds is 5. The van der Waals surface area contributed by atoms with Crippen molar-refractivity contribution >= 4 is 11.9 Å². The smallest absolute Gasteiger partial charge is 0.248 e. The maximum absolute atomic E-state index is 11.9. The third-order valence-electron chi connectivity index (χ3n) is 3.28. The lowest BCUT2D eigenvalue weighted by Gasteiger charge is -2.03. The Labute approximate surface area is 134 Å². The molecule has 0 unspecified atom stereocenters. The van der Waals surface area contributed by atoms with Gasteiger partial charge in [0.2, 0.25) is 11.9 Å². The van der Waals surface area contributed by atoms with Gasteiger partial charge in [-0.1, -0.05) is 29.8 Å². The van der Waals surface area contributed by atoms with Crippen LogP contribution in [-0.2, 0) is 17.9 Å². The van der Waals surface area contributed by atoms with Crippen LogP contribution in [-0.4, -0.2) is 30.5 Å². The van der Waals surface area contributed by atoms with Crippen molar-refractivity contribution in [1.82, 2.24) is 24.5 Å². The van der Waals surface area contributed by atoms with Gasteiger partial charge >= 0.3 is 0 Å². The number of nitrogens with zero attached hydrogens (tertiary/aromatic N) is 5. The molecule has 2 heterocycles. The van der Waals surface area contributed by atoms with Crippen LogP contribution in [0.5, 0.6) is 0 Å². The van der Waals surface area contributed by atoms with Crippen LogP contribution < -0.4 is 5.32 Å².